The van der Waals surface area contributed by atoms with Gasteiger partial charge in [-0.05, 0) is 38.0 Å². The molecule has 0 aromatic heterocycles. The molecule has 1 spiro atoms. The molecule has 1 heterocycles. The van der Waals surface area contributed by atoms with Gasteiger partial charge < -0.3 is 14.9 Å². The van der Waals surface area contributed by atoms with Gasteiger partial charge in [-0.3, -0.25) is 4.79 Å². The van der Waals surface area contributed by atoms with Crippen LogP contribution >= 0.6 is 0 Å². The molecule has 3 aliphatic rings. The normalized spacial score (nSPS) is 48.0. The number of aliphatic hydroxyl groups excluding tert-OH is 2. The van der Waals surface area contributed by atoms with E-state index in [1.54, 1.807) is 0 Å². The van der Waals surface area contributed by atoms with Gasteiger partial charge in [0.1, 0.15) is 0 Å². The Morgan fingerprint density at radius 3 is 2.70 bits per heavy atom. The maximum atomic E-state index is 12.5. The van der Waals surface area contributed by atoms with Crippen LogP contribution < -0.4 is 0 Å². The quantitative estimate of drug-likeness (QED) is 0.568. The Labute approximate surface area is 119 Å². The van der Waals surface area contributed by atoms with Gasteiger partial charge in [-0.1, -0.05) is 18.6 Å². The molecule has 0 aromatic rings. The van der Waals surface area contributed by atoms with Crippen LogP contribution in [0.2, 0.25) is 0 Å². The number of rotatable bonds is 1. The van der Waals surface area contributed by atoms with Crippen LogP contribution in [-0.4, -0.2) is 35.0 Å². The van der Waals surface area contributed by atoms with Crippen molar-refractivity contribution in [3.8, 4) is 0 Å². The number of hydrogen-bond acceptors (Lipinski definition) is 4. The number of allylic oxidation sites excluding steroid dienone is 1. The van der Waals surface area contributed by atoms with Crippen LogP contribution in [0.25, 0.3) is 0 Å². The van der Waals surface area contributed by atoms with Crippen molar-refractivity contribution in [3.63, 3.8) is 0 Å². The van der Waals surface area contributed by atoms with Gasteiger partial charge in [0.25, 0.3) is 0 Å². The van der Waals surface area contributed by atoms with Crippen LogP contribution in [0.3, 0.4) is 0 Å². The maximum Gasteiger partial charge on any atom is 0.315 e. The van der Waals surface area contributed by atoms with E-state index in [0.29, 0.717) is 19.3 Å². The fourth-order valence-electron chi connectivity index (χ4n) is 5.15. The second kappa shape index (κ2) is 4.57. The van der Waals surface area contributed by atoms with Crippen molar-refractivity contribution < 1.29 is 19.7 Å². The molecule has 0 radical (unpaired) electrons. The Balaban J connectivity index is 2.11. The van der Waals surface area contributed by atoms with Crippen LogP contribution in [0.5, 0.6) is 0 Å². The predicted octanol–water partition coefficient (Wildman–Crippen LogP) is 1.80. The number of aliphatic hydroxyl groups is 2. The second-order valence-corrected chi connectivity index (χ2v) is 6.85. The summed E-state index contributed by atoms with van der Waals surface area (Å²) in [6.45, 7) is 6.40. The minimum atomic E-state index is -0.925. The minimum absolute atomic E-state index is 0.213. The van der Waals surface area contributed by atoms with Crippen LogP contribution in [-0.2, 0) is 9.53 Å². The van der Waals surface area contributed by atoms with Gasteiger partial charge >= 0.3 is 5.97 Å². The number of fused-ring (bicyclic) bond motifs is 2. The molecule has 4 nitrogen and oxygen atoms in total. The molecule has 1 unspecified atom stereocenters. The van der Waals surface area contributed by atoms with Gasteiger partial charge in [-0.2, -0.15) is 0 Å². The molecule has 0 amide bonds. The molecule has 5 atom stereocenters. The number of hydrogen-bond donors (Lipinski definition) is 2. The molecule has 0 bridgehead atoms. The summed E-state index contributed by atoms with van der Waals surface area (Å²) < 4.78 is 5.28. The largest absolute Gasteiger partial charge is 0.465 e. The molecular formula is C16H24O4. The van der Waals surface area contributed by atoms with Gasteiger partial charge in [-0.15, -0.1) is 0 Å². The van der Waals surface area contributed by atoms with E-state index in [0.717, 1.165) is 24.8 Å². The lowest BCUT2D eigenvalue weighted by Crippen LogP contribution is -2.60. The Kier molecular flexibility index (Phi) is 3.22. The molecule has 2 saturated carbocycles. The van der Waals surface area contributed by atoms with E-state index < -0.39 is 17.6 Å². The predicted molar refractivity (Wildman–Crippen MR) is 73.8 cm³/mol. The van der Waals surface area contributed by atoms with Crippen molar-refractivity contribution >= 4 is 5.97 Å². The fourth-order valence-corrected chi connectivity index (χ4v) is 5.15. The zero-order valence-electron chi connectivity index (χ0n) is 12.1. The molecule has 0 aromatic carbocycles. The van der Waals surface area contributed by atoms with Crippen molar-refractivity contribution in [2.24, 2.45) is 16.7 Å². The maximum absolute atomic E-state index is 12.5. The summed E-state index contributed by atoms with van der Waals surface area (Å²) in [6.07, 6.45) is 3.20. The van der Waals surface area contributed by atoms with Crippen molar-refractivity contribution in [3.05, 3.63) is 12.2 Å². The average Bonchev–Trinajstić information content (AvgIpc) is 2.76. The standard InChI is InChI=1S/C16H24O4/c1-10(2)15-6-3-7-16(13(15)11(17)4-8-15)12(18)5-9-20-14(16)19/h11-13,17-18H,1,3-9H2,2H3/t11-,12+,13+,15?,16-/m0/s1. The van der Waals surface area contributed by atoms with E-state index in [-0.39, 0.29) is 23.9 Å². The van der Waals surface area contributed by atoms with E-state index in [9.17, 15) is 15.0 Å². The second-order valence-electron chi connectivity index (χ2n) is 6.85. The Morgan fingerprint density at radius 2 is 2.05 bits per heavy atom. The lowest BCUT2D eigenvalue weighted by molar-refractivity contribution is -0.200. The summed E-state index contributed by atoms with van der Waals surface area (Å²) in [6, 6.07) is 0. The van der Waals surface area contributed by atoms with Gasteiger partial charge in [0.15, 0.2) is 0 Å². The highest BCUT2D eigenvalue weighted by Gasteiger charge is 2.66. The summed E-state index contributed by atoms with van der Waals surface area (Å²) in [5.41, 5.74) is -0.107. The lowest BCUT2D eigenvalue weighted by atomic mass is 9.51. The molecule has 112 valence electrons. The number of cyclic esters (lactones) is 1. The fraction of sp³-hybridized carbons (Fsp3) is 0.812. The van der Waals surface area contributed by atoms with Gasteiger partial charge in [0.05, 0.1) is 24.2 Å². The first-order chi connectivity index (χ1) is 9.45. The molecule has 2 aliphatic carbocycles. The first-order valence-corrected chi connectivity index (χ1v) is 7.64. The van der Waals surface area contributed by atoms with Crippen LogP contribution in [0, 0.1) is 16.7 Å². The highest BCUT2D eigenvalue weighted by molar-refractivity contribution is 5.79. The SMILES string of the molecule is C=C(C)C12CCC[C@@]3(C(=O)OCC[C@H]3O)[C@@H]1[C@@H](O)CC2. The molecule has 1 aliphatic heterocycles. The van der Waals surface area contributed by atoms with E-state index in [1.165, 1.54) is 0 Å². The number of carbonyl (C=O) groups excluding carboxylic acids is 1. The van der Waals surface area contributed by atoms with Crippen LogP contribution in [0.1, 0.15) is 45.4 Å². The van der Waals surface area contributed by atoms with Gasteiger partial charge in [0.2, 0.25) is 0 Å². The van der Waals surface area contributed by atoms with Crippen molar-refractivity contribution in [2.45, 2.75) is 57.7 Å². The summed E-state index contributed by atoms with van der Waals surface area (Å²) in [5.74, 6) is -0.559. The topological polar surface area (TPSA) is 66.8 Å². The Morgan fingerprint density at radius 1 is 1.30 bits per heavy atom. The van der Waals surface area contributed by atoms with Crippen LogP contribution in [0.4, 0.5) is 0 Å². The van der Waals surface area contributed by atoms with E-state index in [1.807, 2.05) is 6.92 Å². The molecule has 20 heavy (non-hydrogen) atoms. The first kappa shape index (κ1) is 14.1. The monoisotopic (exact) mass is 280 g/mol. The Hall–Kier alpha value is -0.870. The third-order valence-corrected chi connectivity index (χ3v) is 6.08. The molecule has 2 N–H and O–H groups in total. The summed E-state index contributed by atoms with van der Waals surface area (Å²) in [7, 11) is 0. The average molecular weight is 280 g/mol. The van der Waals surface area contributed by atoms with Gasteiger partial charge in [-0.25, -0.2) is 0 Å². The number of esters is 1. The first-order valence-electron chi connectivity index (χ1n) is 7.64. The zero-order valence-corrected chi connectivity index (χ0v) is 12.1. The third kappa shape index (κ3) is 1.58. The molecular weight excluding hydrogens is 256 g/mol. The van der Waals surface area contributed by atoms with Crippen LogP contribution in [0.15, 0.2) is 12.2 Å². The highest BCUT2D eigenvalue weighted by atomic mass is 16.5. The lowest BCUT2D eigenvalue weighted by Gasteiger charge is -2.54. The van der Waals surface area contributed by atoms with E-state index >= 15 is 0 Å². The van der Waals surface area contributed by atoms with Gasteiger partial charge in [0, 0.05) is 12.3 Å². The molecule has 1 saturated heterocycles. The molecule has 3 fully saturated rings. The minimum Gasteiger partial charge on any atom is -0.465 e. The van der Waals surface area contributed by atoms with Crippen molar-refractivity contribution in [1.82, 2.24) is 0 Å². The van der Waals surface area contributed by atoms with E-state index in [2.05, 4.69) is 6.58 Å². The molecule has 3 rings (SSSR count). The summed E-state index contributed by atoms with van der Waals surface area (Å²) in [5, 5.41) is 21.1. The summed E-state index contributed by atoms with van der Waals surface area (Å²) in [4.78, 5) is 12.5. The molecule has 4 heteroatoms. The number of carbonyl (C=O) groups is 1. The zero-order chi connectivity index (χ0) is 14.5. The Bertz CT molecular complexity index is 442. The van der Waals surface area contributed by atoms with Crippen molar-refractivity contribution in [2.75, 3.05) is 6.61 Å². The smallest absolute Gasteiger partial charge is 0.315 e. The third-order valence-electron chi connectivity index (χ3n) is 6.08. The number of ether oxygens (including phenoxy) is 1. The summed E-state index contributed by atoms with van der Waals surface area (Å²) >= 11 is 0. The van der Waals surface area contributed by atoms with Crippen molar-refractivity contribution in [1.29, 1.82) is 0 Å². The van der Waals surface area contributed by atoms with E-state index in [4.69, 9.17) is 4.74 Å². The highest BCUT2D eigenvalue weighted by Crippen LogP contribution is 2.64.